The molecule has 0 radical (unpaired) electrons. The highest BCUT2D eigenvalue weighted by Crippen LogP contribution is 2.03. The Morgan fingerprint density at radius 3 is 0.273 bits per heavy atom. The molecule has 2 N–H and O–H groups in total. The van der Waals surface area contributed by atoms with Crippen molar-refractivity contribution in [1.29, 1.82) is 0 Å². The molecule has 0 saturated carbocycles. The molecule has 14 heteroatoms. The SMILES string of the molecule is OCCCCOCCCCOCCCCOCCCCOCCCCOCCCCOCCCCOCCCCOCCCCOCCCCOCCCCOCCCCOCCCCO. The lowest BCUT2D eigenvalue weighted by molar-refractivity contribution is 0.0763. The fourth-order valence-corrected chi connectivity index (χ4v) is 6.35. The van der Waals surface area contributed by atoms with Gasteiger partial charge in [0.25, 0.3) is 0 Å². The summed E-state index contributed by atoms with van der Waals surface area (Å²) in [6, 6.07) is 0. The third kappa shape index (κ3) is 63.4. The van der Waals surface area contributed by atoms with Gasteiger partial charge in [-0.3, -0.25) is 0 Å². The van der Waals surface area contributed by atoms with E-state index in [1.54, 1.807) is 0 Å². The smallest absolute Gasteiger partial charge is 0.0466 e. The van der Waals surface area contributed by atoms with E-state index in [1.165, 1.54) is 0 Å². The van der Waals surface area contributed by atoms with Gasteiger partial charge in [-0.2, -0.15) is 0 Å². The summed E-state index contributed by atoms with van der Waals surface area (Å²) >= 11 is 0. The first-order chi connectivity index (χ1) is 32.9. The van der Waals surface area contributed by atoms with E-state index in [0.29, 0.717) is 0 Å². The van der Waals surface area contributed by atoms with Gasteiger partial charge in [0.15, 0.2) is 0 Å². The summed E-state index contributed by atoms with van der Waals surface area (Å²) in [6.07, 6.45) is 26.4. The summed E-state index contributed by atoms with van der Waals surface area (Å²) in [5.74, 6) is 0. The second-order valence-electron chi connectivity index (χ2n) is 17.0. The fraction of sp³-hybridized carbons (Fsp3) is 1.00. The minimum Gasteiger partial charge on any atom is -0.396 e. The molecule has 14 nitrogen and oxygen atoms in total. The number of hydrogen-bond acceptors (Lipinski definition) is 14. The van der Waals surface area contributed by atoms with Crippen molar-refractivity contribution in [2.45, 2.75) is 167 Å². The highest BCUT2D eigenvalue weighted by atomic mass is 16.5. The molecule has 0 rings (SSSR count). The molecule has 0 aromatic heterocycles. The summed E-state index contributed by atoms with van der Waals surface area (Å²) in [4.78, 5) is 0. The van der Waals surface area contributed by atoms with Crippen LogP contribution in [0.25, 0.3) is 0 Å². The zero-order valence-electron chi connectivity index (χ0n) is 42.6. The molecule has 0 aliphatic rings. The molecule has 0 bridgehead atoms. The van der Waals surface area contributed by atoms with Crippen molar-refractivity contribution in [2.24, 2.45) is 0 Å². The Balaban J connectivity index is 3.06. The highest BCUT2D eigenvalue weighted by Gasteiger charge is 2.00. The van der Waals surface area contributed by atoms with Gasteiger partial charge in [0.2, 0.25) is 0 Å². The van der Waals surface area contributed by atoms with Gasteiger partial charge in [0.1, 0.15) is 0 Å². The molecule has 0 fully saturated rings. The third-order valence-corrected chi connectivity index (χ3v) is 10.5. The van der Waals surface area contributed by atoms with Crippen LogP contribution in [0.4, 0.5) is 0 Å². The average Bonchev–Trinajstić information content (AvgIpc) is 3.33. The standard InChI is InChI=1S/C52H106O14/c53-27-1-3-29-55-31-5-7-33-57-35-9-11-37-59-39-13-15-41-61-43-17-19-45-63-47-21-23-49-65-51-25-26-52-66-50-24-22-48-64-46-20-18-44-62-42-16-14-40-60-38-12-10-36-58-34-8-6-32-56-30-4-2-28-54/h53-54H,1-52H2. The number of aliphatic hydroxyl groups excluding tert-OH is 2. The van der Waals surface area contributed by atoms with Gasteiger partial charge in [-0.1, -0.05) is 0 Å². The van der Waals surface area contributed by atoms with E-state index >= 15 is 0 Å². The normalized spacial score (nSPS) is 11.7. The molecule has 66 heavy (non-hydrogen) atoms. The van der Waals surface area contributed by atoms with Crippen molar-refractivity contribution in [3.05, 3.63) is 0 Å². The van der Waals surface area contributed by atoms with Crippen LogP contribution in [0.2, 0.25) is 0 Å². The summed E-state index contributed by atoms with van der Waals surface area (Å²) in [6.45, 7) is 19.6. The van der Waals surface area contributed by atoms with E-state index in [1.807, 2.05) is 0 Å². The van der Waals surface area contributed by atoms with E-state index in [-0.39, 0.29) is 13.2 Å². The summed E-state index contributed by atoms with van der Waals surface area (Å²) in [5.41, 5.74) is 0. The van der Waals surface area contributed by atoms with Crippen molar-refractivity contribution in [2.75, 3.05) is 172 Å². The van der Waals surface area contributed by atoms with Gasteiger partial charge in [-0.15, -0.1) is 0 Å². The van der Waals surface area contributed by atoms with Crippen LogP contribution in [0, 0.1) is 0 Å². The molecule has 0 aliphatic carbocycles. The van der Waals surface area contributed by atoms with E-state index in [0.717, 1.165) is 326 Å². The first kappa shape index (κ1) is 65.4. The summed E-state index contributed by atoms with van der Waals surface area (Å²) in [5, 5.41) is 17.5. The van der Waals surface area contributed by atoms with Crippen molar-refractivity contribution in [3.8, 4) is 0 Å². The van der Waals surface area contributed by atoms with Crippen LogP contribution in [0.1, 0.15) is 167 Å². The monoisotopic (exact) mass is 955 g/mol. The molecule has 0 spiro atoms. The van der Waals surface area contributed by atoms with E-state index in [4.69, 9.17) is 67.1 Å². The molecule has 0 atom stereocenters. The molecular weight excluding hydrogens is 849 g/mol. The second-order valence-corrected chi connectivity index (χ2v) is 17.0. The lowest BCUT2D eigenvalue weighted by Crippen LogP contribution is -2.05. The Morgan fingerprint density at radius 1 is 0.121 bits per heavy atom. The lowest BCUT2D eigenvalue weighted by Gasteiger charge is -2.08. The Kier molecular flexibility index (Phi) is 63.9. The molecule has 398 valence electrons. The number of unbranched alkanes of at least 4 members (excludes halogenated alkanes) is 13. The van der Waals surface area contributed by atoms with Crippen LogP contribution < -0.4 is 0 Å². The Labute approximate surface area is 404 Å². The molecule has 0 unspecified atom stereocenters. The maximum atomic E-state index is 8.74. The predicted octanol–water partition coefficient (Wildman–Crippen LogP) is 9.31. The second kappa shape index (κ2) is 64.4. The first-order valence-corrected chi connectivity index (χ1v) is 27.1. The largest absolute Gasteiger partial charge is 0.396 e. The molecular formula is C52H106O14. The molecule has 0 saturated heterocycles. The molecule has 0 heterocycles. The van der Waals surface area contributed by atoms with Crippen LogP contribution in [0.5, 0.6) is 0 Å². The van der Waals surface area contributed by atoms with Gasteiger partial charge < -0.3 is 67.1 Å². The number of hydrogen-bond donors (Lipinski definition) is 2. The quantitative estimate of drug-likeness (QED) is 0.0557. The van der Waals surface area contributed by atoms with E-state index < -0.39 is 0 Å². The van der Waals surface area contributed by atoms with Gasteiger partial charge in [0.05, 0.1) is 0 Å². The Morgan fingerprint density at radius 2 is 0.197 bits per heavy atom. The van der Waals surface area contributed by atoms with Gasteiger partial charge in [-0.05, 0) is 167 Å². The predicted molar refractivity (Wildman–Crippen MR) is 264 cm³/mol. The topological polar surface area (TPSA) is 151 Å². The molecule has 0 aromatic carbocycles. The van der Waals surface area contributed by atoms with E-state index in [9.17, 15) is 0 Å². The van der Waals surface area contributed by atoms with Crippen LogP contribution in [0.15, 0.2) is 0 Å². The Bertz CT molecular complexity index is 753. The zero-order chi connectivity index (χ0) is 47.3. The van der Waals surface area contributed by atoms with Gasteiger partial charge in [-0.25, -0.2) is 0 Å². The van der Waals surface area contributed by atoms with Gasteiger partial charge in [0, 0.05) is 172 Å². The summed E-state index contributed by atoms with van der Waals surface area (Å²) < 4.78 is 68.5. The molecule has 0 aliphatic heterocycles. The van der Waals surface area contributed by atoms with Crippen molar-refractivity contribution in [3.63, 3.8) is 0 Å². The molecule has 0 aromatic rings. The van der Waals surface area contributed by atoms with Gasteiger partial charge >= 0.3 is 0 Å². The number of rotatable bonds is 63. The maximum Gasteiger partial charge on any atom is 0.0466 e. The maximum absolute atomic E-state index is 8.74. The van der Waals surface area contributed by atoms with Crippen molar-refractivity contribution < 1.29 is 67.1 Å². The van der Waals surface area contributed by atoms with Crippen molar-refractivity contribution in [1.82, 2.24) is 0 Å². The highest BCUT2D eigenvalue weighted by molar-refractivity contribution is 4.48. The van der Waals surface area contributed by atoms with Crippen LogP contribution in [0.3, 0.4) is 0 Å². The fourth-order valence-electron chi connectivity index (χ4n) is 6.35. The number of aliphatic hydroxyl groups is 2. The lowest BCUT2D eigenvalue weighted by atomic mass is 10.3. The van der Waals surface area contributed by atoms with E-state index in [2.05, 4.69) is 0 Å². The average molecular weight is 955 g/mol. The zero-order valence-corrected chi connectivity index (χ0v) is 42.6. The van der Waals surface area contributed by atoms with Crippen LogP contribution >= 0.6 is 0 Å². The van der Waals surface area contributed by atoms with Crippen LogP contribution in [-0.2, 0) is 56.8 Å². The molecule has 0 amide bonds. The Hall–Kier alpha value is -0.560. The number of ether oxygens (including phenoxy) is 12. The summed E-state index contributed by atoms with van der Waals surface area (Å²) in [7, 11) is 0. The third-order valence-electron chi connectivity index (χ3n) is 10.5. The minimum atomic E-state index is 0.249. The van der Waals surface area contributed by atoms with Crippen LogP contribution in [-0.4, -0.2) is 182 Å². The first-order valence-electron chi connectivity index (χ1n) is 27.1. The minimum absolute atomic E-state index is 0.249. The van der Waals surface area contributed by atoms with Crippen molar-refractivity contribution >= 4 is 0 Å².